The minimum absolute atomic E-state index is 0. The van der Waals surface area contributed by atoms with Gasteiger partial charge < -0.3 is 15.8 Å². The van der Waals surface area contributed by atoms with Crippen molar-refractivity contribution in [3.8, 4) is 5.75 Å². The number of ether oxygens (including phenoxy) is 1. The maximum atomic E-state index is 10.5. The van der Waals surface area contributed by atoms with Crippen LogP contribution in [0.3, 0.4) is 0 Å². The minimum atomic E-state index is -0.495. The molecule has 0 spiro atoms. The van der Waals surface area contributed by atoms with Crippen molar-refractivity contribution in [3.05, 3.63) is 46.8 Å². The van der Waals surface area contributed by atoms with Gasteiger partial charge in [-0.15, -0.1) is 24.0 Å². The zero-order valence-corrected chi connectivity index (χ0v) is 14.7. The lowest BCUT2D eigenvalue weighted by Gasteiger charge is -2.07. The summed E-state index contributed by atoms with van der Waals surface area (Å²) < 4.78 is 6.55. The predicted molar refractivity (Wildman–Crippen MR) is 97.4 cm³/mol. The fourth-order valence-electron chi connectivity index (χ4n) is 1.73. The Morgan fingerprint density at radius 2 is 2.35 bits per heavy atom. The van der Waals surface area contributed by atoms with Crippen molar-refractivity contribution in [2.24, 2.45) is 10.7 Å². The first kappa shape index (κ1) is 18.7. The van der Waals surface area contributed by atoms with E-state index in [0.717, 1.165) is 5.69 Å². The summed E-state index contributed by atoms with van der Waals surface area (Å²) in [6.07, 6.45) is 2.54. The van der Waals surface area contributed by atoms with E-state index in [4.69, 9.17) is 10.5 Å². The molecule has 2 rings (SSSR count). The maximum absolute atomic E-state index is 10.5. The number of nitro groups is 1. The maximum Gasteiger partial charge on any atom is 0.306 e. The fraction of sp³-hybridized carbons (Fsp3) is 0.231. The number of guanidine groups is 1. The minimum Gasteiger partial charge on any atom is -0.497 e. The summed E-state index contributed by atoms with van der Waals surface area (Å²) in [7, 11) is 1.58. The van der Waals surface area contributed by atoms with Gasteiger partial charge >= 0.3 is 5.69 Å². The molecule has 1 heterocycles. The van der Waals surface area contributed by atoms with Crippen LogP contribution in [0.4, 0.5) is 11.4 Å². The normalized spacial score (nSPS) is 10.7. The zero-order chi connectivity index (χ0) is 15.9. The van der Waals surface area contributed by atoms with E-state index < -0.39 is 4.92 Å². The van der Waals surface area contributed by atoms with Gasteiger partial charge in [0.15, 0.2) is 5.96 Å². The van der Waals surface area contributed by atoms with E-state index >= 15 is 0 Å². The average Bonchev–Trinajstić information content (AvgIpc) is 2.96. The largest absolute Gasteiger partial charge is 0.497 e. The number of nitrogens with zero attached hydrogens (tertiary/aromatic N) is 4. The van der Waals surface area contributed by atoms with Gasteiger partial charge in [0.1, 0.15) is 18.1 Å². The Bertz CT molecular complexity index is 688. The fourth-order valence-corrected chi connectivity index (χ4v) is 1.73. The van der Waals surface area contributed by atoms with E-state index in [9.17, 15) is 10.1 Å². The van der Waals surface area contributed by atoms with Crippen LogP contribution in [-0.4, -0.2) is 34.3 Å². The van der Waals surface area contributed by atoms with Crippen LogP contribution in [-0.2, 0) is 6.54 Å². The van der Waals surface area contributed by atoms with E-state index in [0.29, 0.717) is 18.8 Å². The Balaban J connectivity index is 0.00000264. The van der Waals surface area contributed by atoms with Crippen LogP contribution in [0.2, 0.25) is 0 Å². The second kappa shape index (κ2) is 8.92. The van der Waals surface area contributed by atoms with Gasteiger partial charge in [-0.1, -0.05) is 6.07 Å². The highest BCUT2D eigenvalue weighted by Gasteiger charge is 2.07. The number of rotatable bonds is 6. The molecule has 2 aromatic rings. The highest BCUT2D eigenvalue weighted by Crippen LogP contribution is 2.16. The summed E-state index contributed by atoms with van der Waals surface area (Å²) in [5.41, 5.74) is 6.49. The molecule has 0 radical (unpaired) electrons. The lowest BCUT2D eigenvalue weighted by molar-refractivity contribution is -0.385. The molecule has 9 nitrogen and oxygen atoms in total. The Morgan fingerprint density at radius 3 is 3.00 bits per heavy atom. The van der Waals surface area contributed by atoms with Crippen molar-refractivity contribution in [2.75, 3.05) is 19.0 Å². The highest BCUT2D eigenvalue weighted by atomic mass is 127. The first-order chi connectivity index (χ1) is 10.6. The van der Waals surface area contributed by atoms with E-state index in [2.05, 4.69) is 15.4 Å². The molecule has 0 aliphatic carbocycles. The molecular weight excluding hydrogens is 415 g/mol. The Kier molecular flexibility index (Phi) is 7.25. The molecule has 124 valence electrons. The summed E-state index contributed by atoms with van der Waals surface area (Å²) in [6.45, 7) is 0.746. The number of benzene rings is 1. The average molecular weight is 432 g/mol. The van der Waals surface area contributed by atoms with Gasteiger partial charge in [0.25, 0.3) is 0 Å². The smallest absolute Gasteiger partial charge is 0.306 e. The summed E-state index contributed by atoms with van der Waals surface area (Å²) in [6, 6.07) is 7.28. The number of hydrogen-bond acceptors (Lipinski definition) is 5. The van der Waals surface area contributed by atoms with Crippen molar-refractivity contribution in [2.45, 2.75) is 6.54 Å². The SMILES string of the molecule is COc1cccc(NC(N)=NCCn2cc([N+](=O)[O-])cn2)c1.I. The molecule has 0 unspecified atom stereocenters. The number of hydrogen-bond donors (Lipinski definition) is 2. The number of halogens is 1. The summed E-state index contributed by atoms with van der Waals surface area (Å²) in [5, 5.41) is 17.3. The van der Waals surface area contributed by atoms with Gasteiger partial charge in [-0.2, -0.15) is 5.10 Å². The van der Waals surface area contributed by atoms with Gasteiger partial charge in [0.05, 0.1) is 25.1 Å². The number of nitrogens with two attached hydrogens (primary N) is 1. The lowest BCUT2D eigenvalue weighted by Crippen LogP contribution is -2.23. The van der Waals surface area contributed by atoms with Crippen molar-refractivity contribution in [1.82, 2.24) is 9.78 Å². The molecule has 23 heavy (non-hydrogen) atoms. The Hall–Kier alpha value is -2.37. The van der Waals surface area contributed by atoms with E-state index in [1.807, 2.05) is 18.2 Å². The molecule has 0 bridgehead atoms. The van der Waals surface area contributed by atoms with E-state index in [1.165, 1.54) is 17.1 Å². The van der Waals surface area contributed by atoms with Crippen molar-refractivity contribution < 1.29 is 9.66 Å². The number of methoxy groups -OCH3 is 1. The quantitative estimate of drug-likeness (QED) is 0.236. The van der Waals surface area contributed by atoms with Crippen LogP contribution in [0.15, 0.2) is 41.7 Å². The van der Waals surface area contributed by atoms with Gasteiger partial charge in [-0.25, -0.2) is 0 Å². The molecule has 0 atom stereocenters. The zero-order valence-electron chi connectivity index (χ0n) is 12.4. The van der Waals surface area contributed by atoms with Crippen molar-refractivity contribution in [3.63, 3.8) is 0 Å². The third-order valence-electron chi connectivity index (χ3n) is 2.78. The van der Waals surface area contributed by atoms with Crippen LogP contribution in [0, 0.1) is 10.1 Å². The predicted octanol–water partition coefficient (Wildman–Crippen LogP) is 1.84. The summed E-state index contributed by atoms with van der Waals surface area (Å²) in [4.78, 5) is 14.2. The first-order valence-electron chi connectivity index (χ1n) is 6.46. The Morgan fingerprint density at radius 1 is 1.57 bits per heavy atom. The number of anilines is 1. The molecule has 10 heteroatoms. The van der Waals surface area contributed by atoms with Crippen LogP contribution >= 0.6 is 24.0 Å². The molecule has 0 aliphatic rings. The summed E-state index contributed by atoms with van der Waals surface area (Å²) >= 11 is 0. The first-order valence-corrected chi connectivity index (χ1v) is 6.46. The molecule has 1 aromatic carbocycles. The van der Waals surface area contributed by atoms with Crippen molar-refractivity contribution in [1.29, 1.82) is 0 Å². The second-order valence-corrected chi connectivity index (χ2v) is 4.34. The third-order valence-corrected chi connectivity index (χ3v) is 2.78. The van der Waals surface area contributed by atoms with E-state index in [-0.39, 0.29) is 35.6 Å². The number of nitrogens with one attached hydrogen (secondary N) is 1. The third kappa shape index (κ3) is 5.73. The molecule has 0 amide bonds. The highest BCUT2D eigenvalue weighted by molar-refractivity contribution is 14.0. The molecular formula is C13H17IN6O3. The van der Waals surface area contributed by atoms with Crippen LogP contribution in [0.25, 0.3) is 0 Å². The van der Waals surface area contributed by atoms with Gasteiger partial charge in [-0.05, 0) is 12.1 Å². The number of aromatic nitrogens is 2. The van der Waals surface area contributed by atoms with Crippen LogP contribution in [0.1, 0.15) is 0 Å². The molecule has 0 saturated carbocycles. The molecule has 0 saturated heterocycles. The molecule has 0 aliphatic heterocycles. The standard InChI is InChI=1S/C13H16N6O3.HI/c1-22-12-4-2-3-10(7-12)17-13(14)15-5-6-18-9-11(8-16-18)19(20)21;/h2-4,7-9H,5-6H2,1H3,(H3,14,15,17);1H. The van der Waals surface area contributed by atoms with Gasteiger partial charge in [-0.3, -0.25) is 19.8 Å². The van der Waals surface area contributed by atoms with Crippen molar-refractivity contribution >= 4 is 41.3 Å². The second-order valence-electron chi connectivity index (χ2n) is 4.34. The summed E-state index contributed by atoms with van der Waals surface area (Å²) in [5.74, 6) is 0.955. The van der Waals surface area contributed by atoms with Crippen LogP contribution in [0.5, 0.6) is 5.75 Å². The monoisotopic (exact) mass is 432 g/mol. The Labute approximate surface area is 149 Å². The topological polar surface area (TPSA) is 121 Å². The lowest BCUT2D eigenvalue weighted by atomic mass is 10.3. The number of aliphatic imine (C=N–C) groups is 1. The van der Waals surface area contributed by atoms with Crippen LogP contribution < -0.4 is 15.8 Å². The van der Waals surface area contributed by atoms with Gasteiger partial charge in [0, 0.05) is 11.8 Å². The molecule has 3 N–H and O–H groups in total. The molecule has 1 aromatic heterocycles. The van der Waals surface area contributed by atoms with Gasteiger partial charge in [0.2, 0.25) is 0 Å². The molecule has 0 fully saturated rings. The van der Waals surface area contributed by atoms with E-state index in [1.54, 1.807) is 13.2 Å².